The Balaban J connectivity index is 1.96. The minimum Gasteiger partial charge on any atom is -0.497 e. The highest BCUT2D eigenvalue weighted by atomic mass is 16.5. The van der Waals surface area contributed by atoms with Crippen molar-refractivity contribution in [2.45, 2.75) is 19.9 Å². The molecule has 2 rings (SSSR count). The van der Waals surface area contributed by atoms with Gasteiger partial charge in [-0.05, 0) is 54.8 Å². The van der Waals surface area contributed by atoms with Crippen LogP contribution in [0.3, 0.4) is 0 Å². The molecule has 3 nitrogen and oxygen atoms in total. The van der Waals surface area contributed by atoms with Gasteiger partial charge in [0.15, 0.2) is 0 Å². The molecule has 1 unspecified atom stereocenters. The molecule has 1 atom stereocenters. The predicted molar refractivity (Wildman–Crippen MR) is 81.3 cm³/mol. The smallest absolute Gasteiger partial charge is 0.119 e. The van der Waals surface area contributed by atoms with Crippen LogP contribution in [0.15, 0.2) is 42.5 Å². The Hall–Kier alpha value is -2.00. The first kappa shape index (κ1) is 14.4. The van der Waals surface area contributed by atoms with E-state index in [9.17, 15) is 0 Å². The molecule has 0 aliphatic carbocycles. The number of aryl methyl sites for hydroxylation is 2. The molecule has 0 saturated carbocycles. The third-order valence-corrected chi connectivity index (χ3v) is 3.45. The van der Waals surface area contributed by atoms with Crippen molar-refractivity contribution in [3.63, 3.8) is 0 Å². The highest BCUT2D eigenvalue weighted by Crippen LogP contribution is 2.20. The van der Waals surface area contributed by atoms with Crippen molar-refractivity contribution in [1.29, 1.82) is 0 Å². The highest BCUT2D eigenvalue weighted by Gasteiger charge is 2.08. The maximum atomic E-state index is 6.17. The van der Waals surface area contributed by atoms with E-state index in [1.165, 1.54) is 11.1 Å². The molecule has 0 aliphatic rings. The van der Waals surface area contributed by atoms with Crippen molar-refractivity contribution in [2.24, 2.45) is 5.73 Å². The molecule has 0 aliphatic heterocycles. The van der Waals surface area contributed by atoms with Crippen molar-refractivity contribution in [3.05, 3.63) is 59.2 Å². The first-order chi connectivity index (χ1) is 9.60. The number of hydrogen-bond donors (Lipinski definition) is 1. The number of methoxy groups -OCH3 is 1. The molecule has 0 radical (unpaired) electrons. The Kier molecular flexibility index (Phi) is 4.64. The fourth-order valence-electron chi connectivity index (χ4n) is 1.95. The van der Waals surface area contributed by atoms with Gasteiger partial charge in [0, 0.05) is 0 Å². The van der Waals surface area contributed by atoms with Crippen LogP contribution in [0, 0.1) is 13.8 Å². The molecule has 0 heterocycles. The number of benzene rings is 2. The van der Waals surface area contributed by atoms with E-state index in [0.717, 1.165) is 17.1 Å². The van der Waals surface area contributed by atoms with Gasteiger partial charge in [0.2, 0.25) is 0 Å². The Morgan fingerprint density at radius 3 is 2.20 bits per heavy atom. The van der Waals surface area contributed by atoms with Crippen LogP contribution < -0.4 is 15.2 Å². The van der Waals surface area contributed by atoms with Gasteiger partial charge in [-0.3, -0.25) is 0 Å². The second-order valence-electron chi connectivity index (χ2n) is 4.94. The van der Waals surface area contributed by atoms with Crippen LogP contribution in [0.25, 0.3) is 0 Å². The first-order valence-electron chi connectivity index (χ1n) is 6.69. The van der Waals surface area contributed by atoms with Crippen molar-refractivity contribution < 1.29 is 9.47 Å². The Morgan fingerprint density at radius 1 is 0.950 bits per heavy atom. The molecule has 0 spiro atoms. The SMILES string of the molecule is COc1ccc(OCC(N)c2ccc(C)c(C)c2)cc1. The number of nitrogens with two attached hydrogens (primary N) is 1. The first-order valence-corrected chi connectivity index (χ1v) is 6.69. The maximum Gasteiger partial charge on any atom is 0.119 e. The van der Waals surface area contributed by atoms with Crippen molar-refractivity contribution >= 4 is 0 Å². The van der Waals surface area contributed by atoms with Gasteiger partial charge >= 0.3 is 0 Å². The molecule has 3 heteroatoms. The van der Waals surface area contributed by atoms with E-state index in [1.807, 2.05) is 24.3 Å². The zero-order valence-corrected chi connectivity index (χ0v) is 12.2. The third-order valence-electron chi connectivity index (χ3n) is 3.45. The van der Waals surface area contributed by atoms with Crippen LogP contribution in [-0.4, -0.2) is 13.7 Å². The van der Waals surface area contributed by atoms with Crippen LogP contribution >= 0.6 is 0 Å². The Morgan fingerprint density at radius 2 is 1.60 bits per heavy atom. The van der Waals surface area contributed by atoms with E-state index < -0.39 is 0 Å². The molecule has 0 fully saturated rings. The van der Waals surface area contributed by atoms with Crippen LogP contribution in [-0.2, 0) is 0 Å². The van der Waals surface area contributed by atoms with Crippen molar-refractivity contribution in [2.75, 3.05) is 13.7 Å². The average molecular weight is 271 g/mol. The quantitative estimate of drug-likeness (QED) is 0.906. The summed E-state index contributed by atoms with van der Waals surface area (Å²) >= 11 is 0. The van der Waals surface area contributed by atoms with Crippen LogP contribution in [0.5, 0.6) is 11.5 Å². The summed E-state index contributed by atoms with van der Waals surface area (Å²) in [7, 11) is 1.64. The second kappa shape index (κ2) is 6.44. The fraction of sp³-hybridized carbons (Fsp3) is 0.294. The van der Waals surface area contributed by atoms with E-state index in [0.29, 0.717) is 6.61 Å². The Labute approximate surface area is 120 Å². The summed E-state index contributed by atoms with van der Waals surface area (Å²) in [6, 6.07) is 13.7. The summed E-state index contributed by atoms with van der Waals surface area (Å²) in [4.78, 5) is 0. The van der Waals surface area contributed by atoms with Crippen LogP contribution in [0.1, 0.15) is 22.7 Å². The van der Waals surface area contributed by atoms with Crippen LogP contribution in [0.4, 0.5) is 0 Å². The highest BCUT2D eigenvalue weighted by molar-refractivity contribution is 5.33. The van der Waals surface area contributed by atoms with Gasteiger partial charge in [0.1, 0.15) is 18.1 Å². The number of rotatable bonds is 5. The third kappa shape index (κ3) is 3.52. The lowest BCUT2D eigenvalue weighted by atomic mass is 10.0. The van der Waals surface area contributed by atoms with E-state index in [2.05, 4.69) is 32.0 Å². The molecule has 0 saturated heterocycles. The van der Waals surface area contributed by atoms with Gasteiger partial charge in [0.25, 0.3) is 0 Å². The monoisotopic (exact) mass is 271 g/mol. The minimum absolute atomic E-state index is 0.128. The topological polar surface area (TPSA) is 44.5 Å². The lowest BCUT2D eigenvalue weighted by Gasteiger charge is -2.15. The molecule has 2 aromatic carbocycles. The fourth-order valence-corrected chi connectivity index (χ4v) is 1.95. The summed E-state index contributed by atoms with van der Waals surface area (Å²) in [5.41, 5.74) is 9.79. The summed E-state index contributed by atoms with van der Waals surface area (Å²) in [5, 5.41) is 0. The predicted octanol–water partition coefficient (Wildman–Crippen LogP) is 3.39. The number of ether oxygens (including phenoxy) is 2. The summed E-state index contributed by atoms with van der Waals surface area (Å²) in [6.07, 6.45) is 0. The lowest BCUT2D eigenvalue weighted by Crippen LogP contribution is -2.19. The molecule has 0 aromatic heterocycles. The average Bonchev–Trinajstić information content (AvgIpc) is 2.48. The van der Waals surface area contributed by atoms with Gasteiger partial charge in [0.05, 0.1) is 13.2 Å². The maximum absolute atomic E-state index is 6.17. The standard InChI is InChI=1S/C17H21NO2/c1-12-4-5-14(10-13(12)2)17(18)11-20-16-8-6-15(19-3)7-9-16/h4-10,17H,11,18H2,1-3H3. The molecule has 2 aromatic rings. The normalized spacial score (nSPS) is 12.0. The molecule has 20 heavy (non-hydrogen) atoms. The summed E-state index contributed by atoms with van der Waals surface area (Å²) in [6.45, 7) is 4.64. The van der Waals surface area contributed by atoms with E-state index in [4.69, 9.17) is 15.2 Å². The van der Waals surface area contributed by atoms with Gasteiger partial charge in [-0.1, -0.05) is 18.2 Å². The molecule has 0 bridgehead atoms. The summed E-state index contributed by atoms with van der Waals surface area (Å²) in [5.74, 6) is 1.61. The lowest BCUT2D eigenvalue weighted by molar-refractivity contribution is 0.290. The molecule has 106 valence electrons. The largest absolute Gasteiger partial charge is 0.497 e. The molecule has 0 amide bonds. The van der Waals surface area contributed by atoms with E-state index in [-0.39, 0.29) is 6.04 Å². The number of hydrogen-bond acceptors (Lipinski definition) is 3. The zero-order chi connectivity index (χ0) is 14.5. The van der Waals surface area contributed by atoms with Gasteiger partial charge in [-0.15, -0.1) is 0 Å². The second-order valence-corrected chi connectivity index (χ2v) is 4.94. The zero-order valence-electron chi connectivity index (χ0n) is 12.2. The minimum atomic E-state index is -0.128. The van der Waals surface area contributed by atoms with Gasteiger partial charge < -0.3 is 15.2 Å². The van der Waals surface area contributed by atoms with Crippen LogP contribution in [0.2, 0.25) is 0 Å². The molecular weight excluding hydrogens is 250 g/mol. The Bertz CT molecular complexity index is 564. The summed E-state index contributed by atoms with van der Waals surface area (Å²) < 4.78 is 10.8. The van der Waals surface area contributed by atoms with E-state index in [1.54, 1.807) is 7.11 Å². The molecular formula is C17H21NO2. The van der Waals surface area contributed by atoms with Gasteiger partial charge in [-0.2, -0.15) is 0 Å². The van der Waals surface area contributed by atoms with Gasteiger partial charge in [-0.25, -0.2) is 0 Å². The molecule has 2 N–H and O–H groups in total. The van der Waals surface area contributed by atoms with Crippen molar-refractivity contribution in [3.8, 4) is 11.5 Å². The van der Waals surface area contributed by atoms with E-state index >= 15 is 0 Å². The van der Waals surface area contributed by atoms with Crippen molar-refractivity contribution in [1.82, 2.24) is 0 Å².